The van der Waals surface area contributed by atoms with E-state index in [4.69, 9.17) is 0 Å². The van der Waals surface area contributed by atoms with Crippen LogP contribution in [0.4, 0.5) is 0 Å². The highest BCUT2D eigenvalue weighted by atomic mass is 16.2. The van der Waals surface area contributed by atoms with E-state index in [1.807, 2.05) is 18.7 Å². The SMILES string of the molecule is CC.CCC.CCN(C)CCCN1CCN(C(C)=O)CC1. The van der Waals surface area contributed by atoms with Crippen LogP contribution in [0.25, 0.3) is 0 Å². The third-order valence-corrected chi connectivity index (χ3v) is 3.37. The van der Waals surface area contributed by atoms with Gasteiger partial charge >= 0.3 is 0 Å². The van der Waals surface area contributed by atoms with E-state index >= 15 is 0 Å². The van der Waals surface area contributed by atoms with Gasteiger partial charge in [-0.05, 0) is 33.1 Å². The second-order valence-corrected chi connectivity index (χ2v) is 5.30. The zero-order chi connectivity index (χ0) is 16.7. The normalized spacial score (nSPS) is 15.0. The molecule has 21 heavy (non-hydrogen) atoms. The third kappa shape index (κ3) is 12.8. The number of amides is 1. The zero-order valence-corrected chi connectivity index (χ0v) is 15.6. The van der Waals surface area contributed by atoms with Gasteiger partial charge in [0.1, 0.15) is 0 Å². The van der Waals surface area contributed by atoms with Gasteiger partial charge in [0.05, 0.1) is 0 Å². The Kier molecular flexibility index (Phi) is 17.0. The van der Waals surface area contributed by atoms with Gasteiger partial charge in [-0.1, -0.05) is 41.0 Å². The molecule has 128 valence electrons. The van der Waals surface area contributed by atoms with Crippen LogP contribution in [-0.2, 0) is 4.79 Å². The summed E-state index contributed by atoms with van der Waals surface area (Å²) >= 11 is 0. The summed E-state index contributed by atoms with van der Waals surface area (Å²) in [6, 6.07) is 0. The summed E-state index contributed by atoms with van der Waals surface area (Å²) in [6.45, 7) is 19.4. The quantitative estimate of drug-likeness (QED) is 0.781. The number of rotatable bonds is 5. The van der Waals surface area contributed by atoms with Crippen LogP contribution in [0.1, 0.15) is 54.4 Å². The molecule has 0 aliphatic carbocycles. The van der Waals surface area contributed by atoms with Crippen LogP contribution in [0.3, 0.4) is 0 Å². The minimum Gasteiger partial charge on any atom is -0.340 e. The summed E-state index contributed by atoms with van der Waals surface area (Å²) in [7, 11) is 2.16. The highest BCUT2D eigenvalue weighted by molar-refractivity contribution is 5.73. The Morgan fingerprint density at radius 1 is 1.05 bits per heavy atom. The van der Waals surface area contributed by atoms with Gasteiger partial charge in [0.25, 0.3) is 0 Å². The van der Waals surface area contributed by atoms with Gasteiger partial charge in [-0.2, -0.15) is 0 Å². The van der Waals surface area contributed by atoms with Crippen molar-refractivity contribution >= 4 is 5.91 Å². The second-order valence-electron chi connectivity index (χ2n) is 5.30. The van der Waals surface area contributed by atoms with Gasteiger partial charge in [-0.15, -0.1) is 0 Å². The maximum absolute atomic E-state index is 11.1. The molecule has 1 fully saturated rings. The van der Waals surface area contributed by atoms with E-state index in [0.29, 0.717) is 0 Å². The average Bonchev–Trinajstić information content (AvgIpc) is 2.50. The fraction of sp³-hybridized carbons (Fsp3) is 0.941. The van der Waals surface area contributed by atoms with E-state index in [1.165, 1.54) is 19.4 Å². The summed E-state index contributed by atoms with van der Waals surface area (Å²) in [5, 5.41) is 0. The molecule has 0 aromatic rings. The van der Waals surface area contributed by atoms with Crippen molar-refractivity contribution in [3.63, 3.8) is 0 Å². The van der Waals surface area contributed by atoms with Crippen molar-refractivity contribution in [1.82, 2.24) is 14.7 Å². The van der Waals surface area contributed by atoms with E-state index in [0.717, 1.165) is 39.3 Å². The Bertz CT molecular complexity index is 226. The molecule has 1 rings (SSSR count). The first kappa shape index (κ1) is 22.7. The van der Waals surface area contributed by atoms with Crippen LogP contribution in [0.5, 0.6) is 0 Å². The Morgan fingerprint density at radius 2 is 1.52 bits per heavy atom. The van der Waals surface area contributed by atoms with Gasteiger partial charge in [0, 0.05) is 33.1 Å². The van der Waals surface area contributed by atoms with Gasteiger partial charge < -0.3 is 9.80 Å². The predicted octanol–water partition coefficient (Wildman–Crippen LogP) is 2.93. The molecule has 0 N–H and O–H groups in total. The topological polar surface area (TPSA) is 26.8 Å². The standard InChI is InChI=1S/C12H25N3O.C3H8.C2H6/c1-4-13(3)6-5-7-14-8-10-15(11-9-14)12(2)16;1-3-2;1-2/h4-11H2,1-3H3;3H2,1-2H3;1-2H3. The lowest BCUT2D eigenvalue weighted by Crippen LogP contribution is -2.48. The molecule has 4 nitrogen and oxygen atoms in total. The number of piperazine rings is 1. The number of hydrogen-bond donors (Lipinski definition) is 0. The average molecular weight is 302 g/mol. The van der Waals surface area contributed by atoms with E-state index in [2.05, 4.69) is 37.6 Å². The van der Waals surface area contributed by atoms with Crippen molar-refractivity contribution in [3.05, 3.63) is 0 Å². The first-order valence-corrected chi connectivity index (χ1v) is 8.71. The maximum atomic E-state index is 11.1. The monoisotopic (exact) mass is 301 g/mol. The Morgan fingerprint density at radius 3 is 1.90 bits per heavy atom. The first-order valence-electron chi connectivity index (χ1n) is 8.71. The number of hydrogen-bond acceptors (Lipinski definition) is 3. The van der Waals surface area contributed by atoms with Crippen LogP contribution in [-0.4, -0.2) is 73.5 Å². The molecule has 0 bridgehead atoms. The van der Waals surface area contributed by atoms with Crippen molar-refractivity contribution in [2.75, 3.05) is 52.9 Å². The van der Waals surface area contributed by atoms with Crippen molar-refractivity contribution in [1.29, 1.82) is 0 Å². The summed E-state index contributed by atoms with van der Waals surface area (Å²) in [5.74, 6) is 0.213. The third-order valence-electron chi connectivity index (χ3n) is 3.37. The Balaban J connectivity index is 0. The molecule has 0 atom stereocenters. The van der Waals surface area contributed by atoms with Crippen molar-refractivity contribution in [2.45, 2.75) is 54.4 Å². The summed E-state index contributed by atoms with van der Waals surface area (Å²) in [5.41, 5.74) is 0. The van der Waals surface area contributed by atoms with Crippen molar-refractivity contribution < 1.29 is 4.79 Å². The molecule has 0 radical (unpaired) electrons. The Hall–Kier alpha value is -0.610. The minimum atomic E-state index is 0.213. The lowest BCUT2D eigenvalue weighted by Gasteiger charge is -2.34. The zero-order valence-electron chi connectivity index (χ0n) is 15.6. The molecular weight excluding hydrogens is 262 g/mol. The molecule has 1 saturated heterocycles. The number of nitrogens with zero attached hydrogens (tertiary/aromatic N) is 3. The van der Waals surface area contributed by atoms with E-state index in [9.17, 15) is 4.79 Å². The van der Waals surface area contributed by atoms with Gasteiger partial charge in [-0.25, -0.2) is 0 Å². The van der Waals surface area contributed by atoms with Crippen molar-refractivity contribution in [3.8, 4) is 0 Å². The molecule has 0 unspecified atom stereocenters. The number of carbonyl (C=O) groups is 1. The molecule has 0 aromatic heterocycles. The minimum absolute atomic E-state index is 0.213. The number of carbonyl (C=O) groups excluding carboxylic acids is 1. The van der Waals surface area contributed by atoms with Crippen LogP contribution >= 0.6 is 0 Å². The molecule has 1 amide bonds. The molecule has 1 heterocycles. The fourth-order valence-corrected chi connectivity index (χ4v) is 2.01. The van der Waals surface area contributed by atoms with Crippen molar-refractivity contribution in [2.24, 2.45) is 0 Å². The smallest absolute Gasteiger partial charge is 0.219 e. The first-order chi connectivity index (χ1) is 10.0. The van der Waals surface area contributed by atoms with Crippen LogP contribution in [0, 0.1) is 0 Å². The van der Waals surface area contributed by atoms with Crippen LogP contribution in [0.2, 0.25) is 0 Å². The summed E-state index contributed by atoms with van der Waals surface area (Å²) in [4.78, 5) is 17.9. The van der Waals surface area contributed by atoms with E-state index < -0.39 is 0 Å². The molecule has 0 aromatic carbocycles. The lowest BCUT2D eigenvalue weighted by atomic mass is 10.3. The molecule has 1 aliphatic rings. The van der Waals surface area contributed by atoms with Gasteiger partial charge in [0.15, 0.2) is 0 Å². The molecular formula is C17H39N3O. The largest absolute Gasteiger partial charge is 0.340 e. The molecule has 0 saturated carbocycles. The second kappa shape index (κ2) is 15.8. The van der Waals surface area contributed by atoms with E-state index in [-0.39, 0.29) is 5.91 Å². The highest BCUT2D eigenvalue weighted by Gasteiger charge is 2.17. The summed E-state index contributed by atoms with van der Waals surface area (Å²) in [6.07, 6.45) is 2.48. The molecule has 4 heteroatoms. The lowest BCUT2D eigenvalue weighted by molar-refractivity contribution is -0.130. The summed E-state index contributed by atoms with van der Waals surface area (Å²) < 4.78 is 0. The van der Waals surface area contributed by atoms with E-state index in [1.54, 1.807) is 6.92 Å². The molecule has 0 spiro atoms. The van der Waals surface area contributed by atoms with Gasteiger partial charge in [0.2, 0.25) is 5.91 Å². The maximum Gasteiger partial charge on any atom is 0.219 e. The predicted molar refractivity (Wildman–Crippen MR) is 93.8 cm³/mol. The fourth-order valence-electron chi connectivity index (χ4n) is 2.01. The Labute approximate surface area is 133 Å². The van der Waals surface area contributed by atoms with Gasteiger partial charge in [-0.3, -0.25) is 9.69 Å². The molecule has 1 aliphatic heterocycles. The van der Waals surface area contributed by atoms with Crippen LogP contribution < -0.4 is 0 Å². The van der Waals surface area contributed by atoms with Crippen LogP contribution in [0.15, 0.2) is 0 Å². The highest BCUT2D eigenvalue weighted by Crippen LogP contribution is 2.02.